The normalized spacial score (nSPS) is 12.9. The molecule has 0 aliphatic carbocycles. The largest absolute Gasteiger partial charge is 0.492 e. The predicted molar refractivity (Wildman–Crippen MR) is 82.0 cm³/mol. The molecule has 1 atom stereocenters. The minimum atomic E-state index is -3.99. The van der Waals surface area contributed by atoms with Crippen molar-refractivity contribution >= 4 is 31.9 Å². The smallest absolute Gasteiger partial charge is 0.321 e. The molecule has 0 unspecified atom stereocenters. The van der Waals surface area contributed by atoms with Crippen LogP contribution in [-0.4, -0.2) is 32.1 Å². The Balaban J connectivity index is 3.17. The van der Waals surface area contributed by atoms with E-state index in [2.05, 4.69) is 20.7 Å². The molecule has 1 aromatic carbocycles. The summed E-state index contributed by atoms with van der Waals surface area (Å²) < 4.78 is 32.9. The second-order valence-electron chi connectivity index (χ2n) is 4.32. The number of carboxylic acids is 1. The molecule has 6 nitrogen and oxygen atoms in total. The molecule has 0 aromatic heterocycles. The van der Waals surface area contributed by atoms with Crippen molar-refractivity contribution in [3.63, 3.8) is 0 Å². The molecule has 2 N–H and O–H groups in total. The van der Waals surface area contributed by atoms with E-state index in [1.165, 1.54) is 12.1 Å². The zero-order valence-electron chi connectivity index (χ0n) is 11.8. The van der Waals surface area contributed by atoms with Crippen LogP contribution < -0.4 is 9.46 Å². The van der Waals surface area contributed by atoms with Crippen molar-refractivity contribution in [1.29, 1.82) is 0 Å². The standard InChI is InChI=1S/C13H18BrNO5S/c1-3-5-10(13(16)17)15-21(18,19)12-8-9(14)6-7-11(12)20-4-2/h6-8,10,15H,3-5H2,1-2H3,(H,16,17)/t10-/m1/s1. The van der Waals surface area contributed by atoms with Crippen LogP contribution in [0.3, 0.4) is 0 Å². The van der Waals surface area contributed by atoms with Gasteiger partial charge in [-0.3, -0.25) is 4.79 Å². The first kappa shape index (κ1) is 17.9. The highest BCUT2D eigenvalue weighted by Crippen LogP contribution is 2.27. The molecule has 1 aromatic rings. The van der Waals surface area contributed by atoms with Crippen molar-refractivity contribution in [1.82, 2.24) is 4.72 Å². The Morgan fingerprint density at radius 2 is 2.10 bits per heavy atom. The lowest BCUT2D eigenvalue weighted by Gasteiger charge is -2.16. The van der Waals surface area contributed by atoms with E-state index in [4.69, 9.17) is 9.84 Å². The number of hydrogen-bond acceptors (Lipinski definition) is 4. The van der Waals surface area contributed by atoms with E-state index in [9.17, 15) is 13.2 Å². The highest BCUT2D eigenvalue weighted by atomic mass is 79.9. The molecule has 0 fully saturated rings. The van der Waals surface area contributed by atoms with Gasteiger partial charge in [-0.05, 0) is 31.5 Å². The van der Waals surface area contributed by atoms with Gasteiger partial charge < -0.3 is 9.84 Å². The van der Waals surface area contributed by atoms with Gasteiger partial charge in [-0.25, -0.2) is 8.42 Å². The number of benzene rings is 1. The SMILES string of the molecule is CCC[C@@H](NS(=O)(=O)c1cc(Br)ccc1OCC)C(=O)O. The summed E-state index contributed by atoms with van der Waals surface area (Å²) in [5.74, 6) is -1.01. The minimum Gasteiger partial charge on any atom is -0.492 e. The third kappa shape index (κ3) is 4.98. The lowest BCUT2D eigenvalue weighted by Crippen LogP contribution is -2.40. The maximum absolute atomic E-state index is 12.4. The fourth-order valence-electron chi connectivity index (χ4n) is 1.74. The maximum atomic E-state index is 12.4. The number of sulfonamides is 1. The van der Waals surface area contributed by atoms with Gasteiger partial charge in [0.25, 0.3) is 0 Å². The molecule has 0 saturated heterocycles. The van der Waals surface area contributed by atoms with Crippen LogP contribution in [0.1, 0.15) is 26.7 Å². The van der Waals surface area contributed by atoms with E-state index < -0.39 is 22.0 Å². The lowest BCUT2D eigenvalue weighted by molar-refractivity contribution is -0.139. The van der Waals surface area contributed by atoms with Gasteiger partial charge in [0.05, 0.1) is 6.61 Å². The number of halogens is 1. The number of hydrogen-bond donors (Lipinski definition) is 2. The van der Waals surface area contributed by atoms with Crippen molar-refractivity contribution in [2.24, 2.45) is 0 Å². The van der Waals surface area contributed by atoms with E-state index >= 15 is 0 Å². The Labute approximate surface area is 132 Å². The molecule has 0 radical (unpaired) electrons. The quantitative estimate of drug-likeness (QED) is 0.723. The average Bonchev–Trinajstić information content (AvgIpc) is 2.40. The lowest BCUT2D eigenvalue weighted by atomic mass is 10.2. The summed E-state index contributed by atoms with van der Waals surface area (Å²) in [6.45, 7) is 3.83. The molecule has 0 bridgehead atoms. The van der Waals surface area contributed by atoms with Crippen LogP contribution in [-0.2, 0) is 14.8 Å². The van der Waals surface area contributed by atoms with E-state index in [1.54, 1.807) is 19.9 Å². The molecule has 1 rings (SSSR count). The van der Waals surface area contributed by atoms with Crippen LogP contribution in [0.4, 0.5) is 0 Å². The Morgan fingerprint density at radius 3 is 2.62 bits per heavy atom. The number of nitrogens with one attached hydrogen (secondary N) is 1. The van der Waals surface area contributed by atoms with Crippen molar-refractivity contribution < 1.29 is 23.1 Å². The number of carboxylic acid groups (broad SMARTS) is 1. The topological polar surface area (TPSA) is 92.7 Å². The van der Waals surface area contributed by atoms with Crippen LogP contribution in [0, 0.1) is 0 Å². The molecule has 8 heteroatoms. The molecule has 118 valence electrons. The number of carbonyl (C=O) groups is 1. The molecule has 0 spiro atoms. The van der Waals surface area contributed by atoms with Gasteiger partial charge in [-0.2, -0.15) is 4.72 Å². The molecular formula is C13H18BrNO5S. The minimum absolute atomic E-state index is 0.0823. The summed E-state index contributed by atoms with van der Waals surface area (Å²) in [5.41, 5.74) is 0. The summed E-state index contributed by atoms with van der Waals surface area (Å²) in [7, 11) is -3.99. The zero-order chi connectivity index (χ0) is 16.0. The van der Waals surface area contributed by atoms with Crippen molar-refractivity contribution in [3.8, 4) is 5.75 Å². The third-order valence-corrected chi connectivity index (χ3v) is 4.65. The Kier molecular flexibility index (Phi) is 6.63. The van der Waals surface area contributed by atoms with Crippen LogP contribution >= 0.6 is 15.9 Å². The molecular weight excluding hydrogens is 362 g/mol. The van der Waals surface area contributed by atoms with Crippen molar-refractivity contribution in [3.05, 3.63) is 22.7 Å². The molecule has 0 aliphatic rings. The first-order valence-corrected chi connectivity index (χ1v) is 8.77. The second-order valence-corrected chi connectivity index (χ2v) is 6.92. The summed E-state index contributed by atoms with van der Waals surface area (Å²) in [4.78, 5) is 11.0. The average molecular weight is 380 g/mol. The molecule has 0 saturated carbocycles. The Bertz CT molecular complexity index is 603. The number of rotatable bonds is 8. The van der Waals surface area contributed by atoms with Gasteiger partial charge in [-0.15, -0.1) is 0 Å². The number of aliphatic carboxylic acids is 1. The van der Waals surface area contributed by atoms with Crippen LogP contribution in [0.2, 0.25) is 0 Å². The molecule has 0 amide bonds. The summed E-state index contributed by atoms with van der Waals surface area (Å²) in [6, 6.07) is 3.41. The van der Waals surface area contributed by atoms with Gasteiger partial charge in [-0.1, -0.05) is 29.3 Å². The maximum Gasteiger partial charge on any atom is 0.321 e. The molecule has 0 heterocycles. The van der Waals surface area contributed by atoms with Crippen molar-refractivity contribution in [2.45, 2.75) is 37.6 Å². The fraction of sp³-hybridized carbons (Fsp3) is 0.462. The Morgan fingerprint density at radius 1 is 1.43 bits per heavy atom. The van der Waals surface area contributed by atoms with Crippen LogP contribution in [0.15, 0.2) is 27.6 Å². The Hall–Kier alpha value is -1.12. The van der Waals surface area contributed by atoms with E-state index in [0.717, 1.165) is 0 Å². The first-order valence-electron chi connectivity index (χ1n) is 6.49. The molecule has 21 heavy (non-hydrogen) atoms. The van der Waals surface area contributed by atoms with Gasteiger partial charge in [0.15, 0.2) is 0 Å². The zero-order valence-corrected chi connectivity index (χ0v) is 14.2. The fourth-order valence-corrected chi connectivity index (χ4v) is 3.65. The van der Waals surface area contributed by atoms with E-state index in [0.29, 0.717) is 17.5 Å². The van der Waals surface area contributed by atoms with Crippen LogP contribution in [0.25, 0.3) is 0 Å². The third-order valence-electron chi connectivity index (χ3n) is 2.67. The summed E-state index contributed by atoms with van der Waals surface area (Å²) >= 11 is 3.20. The van der Waals surface area contributed by atoms with E-state index in [1.807, 2.05) is 0 Å². The predicted octanol–water partition coefficient (Wildman–Crippen LogP) is 2.38. The van der Waals surface area contributed by atoms with E-state index in [-0.39, 0.29) is 17.1 Å². The van der Waals surface area contributed by atoms with Gasteiger partial charge in [0.2, 0.25) is 10.0 Å². The van der Waals surface area contributed by atoms with Crippen molar-refractivity contribution in [2.75, 3.05) is 6.61 Å². The van der Waals surface area contributed by atoms with Gasteiger partial charge in [0.1, 0.15) is 16.7 Å². The highest BCUT2D eigenvalue weighted by Gasteiger charge is 2.27. The molecule has 0 aliphatic heterocycles. The number of ether oxygens (including phenoxy) is 1. The second kappa shape index (κ2) is 7.77. The summed E-state index contributed by atoms with van der Waals surface area (Å²) in [6.07, 6.45) is 0.767. The van der Waals surface area contributed by atoms with Gasteiger partial charge in [0, 0.05) is 4.47 Å². The monoisotopic (exact) mass is 379 g/mol. The van der Waals surface area contributed by atoms with Gasteiger partial charge >= 0.3 is 5.97 Å². The highest BCUT2D eigenvalue weighted by molar-refractivity contribution is 9.10. The van der Waals surface area contributed by atoms with Crippen LogP contribution in [0.5, 0.6) is 5.75 Å². The summed E-state index contributed by atoms with van der Waals surface area (Å²) in [5, 5.41) is 9.07. The first-order chi connectivity index (χ1) is 9.81.